The van der Waals surface area contributed by atoms with Crippen LogP contribution in [0.5, 0.6) is 11.5 Å². The highest BCUT2D eigenvalue weighted by molar-refractivity contribution is 5.77. The molecule has 0 radical (unpaired) electrons. The topological polar surface area (TPSA) is 18.5 Å². The molecule has 3 aromatic rings. The molecule has 0 aromatic heterocycles. The Morgan fingerprint density at radius 1 is 0.703 bits per heavy atom. The van der Waals surface area contributed by atoms with Gasteiger partial charge in [-0.1, -0.05) is 24.3 Å². The number of ether oxygens (including phenoxy) is 2. The number of alkyl halides is 4. The first-order valence-electron chi connectivity index (χ1n) is 11.2. The van der Waals surface area contributed by atoms with E-state index in [1.807, 2.05) is 0 Å². The maximum Gasteiger partial charge on any atom is 0.343 e. The molecule has 0 N–H and O–H groups in total. The number of allylic oxidation sites excluding steroid dienone is 1. The first-order chi connectivity index (χ1) is 17.5. The fourth-order valence-electron chi connectivity index (χ4n) is 4.22. The number of benzene rings is 3. The summed E-state index contributed by atoms with van der Waals surface area (Å²) >= 11 is 0. The third-order valence-corrected chi connectivity index (χ3v) is 6.07. The lowest BCUT2D eigenvalue weighted by atomic mass is 9.79. The minimum Gasteiger partial charge on any atom is -0.491 e. The van der Waals surface area contributed by atoms with Gasteiger partial charge in [0.05, 0.1) is 17.7 Å². The van der Waals surface area contributed by atoms with Gasteiger partial charge in [-0.15, -0.1) is 6.58 Å². The Kier molecular flexibility index (Phi) is 6.96. The zero-order chi connectivity index (χ0) is 27.1. The second-order valence-corrected chi connectivity index (χ2v) is 8.31. The van der Waals surface area contributed by atoms with E-state index in [1.165, 1.54) is 19.1 Å². The predicted molar refractivity (Wildman–Crippen MR) is 120 cm³/mol. The second kappa shape index (κ2) is 9.72. The molecule has 0 spiro atoms. The molecular formula is C27H20F8O2. The van der Waals surface area contributed by atoms with E-state index in [0.717, 1.165) is 30.3 Å². The van der Waals surface area contributed by atoms with Gasteiger partial charge in [0.2, 0.25) is 5.82 Å². The second-order valence-electron chi connectivity index (χ2n) is 8.31. The number of aryl methyl sites for hydroxylation is 1. The summed E-state index contributed by atoms with van der Waals surface area (Å²) in [6, 6.07) is 6.17. The molecule has 2 nitrogen and oxygen atoms in total. The average Bonchev–Trinajstić information content (AvgIpc) is 2.85. The summed E-state index contributed by atoms with van der Waals surface area (Å²) in [5.74, 6) is -17.5. The Hall–Kier alpha value is -3.56. The lowest BCUT2D eigenvalue weighted by Crippen LogP contribution is -2.41. The van der Waals surface area contributed by atoms with Crippen molar-refractivity contribution in [2.24, 2.45) is 0 Å². The van der Waals surface area contributed by atoms with Crippen molar-refractivity contribution in [2.75, 3.05) is 6.61 Å². The number of halogens is 8. The molecule has 1 aliphatic rings. The smallest absolute Gasteiger partial charge is 0.343 e. The number of rotatable bonds is 8. The predicted octanol–water partition coefficient (Wildman–Crippen LogP) is 8.20. The van der Waals surface area contributed by atoms with Crippen LogP contribution in [0, 0.1) is 23.3 Å². The van der Waals surface area contributed by atoms with Crippen LogP contribution in [-0.2, 0) is 24.9 Å². The molecule has 37 heavy (non-hydrogen) atoms. The van der Waals surface area contributed by atoms with Crippen molar-refractivity contribution in [3.63, 3.8) is 0 Å². The fourth-order valence-corrected chi connectivity index (χ4v) is 4.22. The standard InChI is InChI=1S/C27H20F8O2/c1-3-5-6-14-8-11-19(25(31)23(14)29)37-13-15-7-9-16-17-10-12-18(36-4-2)24(30)21(17)27(34,35)26(32,33)20(16)22(15)28/h3,7-12H,1,4-6,13H2,2H3. The molecule has 0 saturated carbocycles. The summed E-state index contributed by atoms with van der Waals surface area (Å²) in [7, 11) is 0. The zero-order valence-corrected chi connectivity index (χ0v) is 19.4. The van der Waals surface area contributed by atoms with Gasteiger partial charge in [0, 0.05) is 5.56 Å². The Balaban J connectivity index is 1.74. The average molecular weight is 528 g/mol. The van der Waals surface area contributed by atoms with E-state index in [1.54, 1.807) is 0 Å². The van der Waals surface area contributed by atoms with Crippen LogP contribution in [0.25, 0.3) is 11.1 Å². The van der Waals surface area contributed by atoms with Gasteiger partial charge in [0.15, 0.2) is 23.1 Å². The first kappa shape index (κ1) is 26.5. The molecular weight excluding hydrogens is 508 g/mol. The molecule has 10 heteroatoms. The monoisotopic (exact) mass is 528 g/mol. The molecule has 4 rings (SSSR count). The molecule has 1 aliphatic carbocycles. The zero-order valence-electron chi connectivity index (χ0n) is 19.4. The Morgan fingerprint density at radius 3 is 1.86 bits per heavy atom. The van der Waals surface area contributed by atoms with E-state index >= 15 is 13.2 Å². The van der Waals surface area contributed by atoms with Gasteiger partial charge < -0.3 is 9.47 Å². The molecule has 0 saturated heterocycles. The van der Waals surface area contributed by atoms with Crippen LogP contribution in [0.4, 0.5) is 35.1 Å². The van der Waals surface area contributed by atoms with Gasteiger partial charge in [0.1, 0.15) is 12.4 Å². The van der Waals surface area contributed by atoms with E-state index in [9.17, 15) is 22.0 Å². The van der Waals surface area contributed by atoms with E-state index < -0.39 is 81.0 Å². The van der Waals surface area contributed by atoms with Crippen molar-refractivity contribution in [1.82, 2.24) is 0 Å². The van der Waals surface area contributed by atoms with Crippen LogP contribution >= 0.6 is 0 Å². The van der Waals surface area contributed by atoms with Crippen molar-refractivity contribution in [3.05, 3.63) is 94.6 Å². The highest BCUT2D eigenvalue weighted by atomic mass is 19.3. The lowest BCUT2D eigenvalue weighted by Gasteiger charge is -2.35. The van der Waals surface area contributed by atoms with Crippen molar-refractivity contribution in [2.45, 2.75) is 38.2 Å². The molecule has 0 amide bonds. The maximum absolute atomic E-state index is 15.3. The minimum atomic E-state index is -5.15. The first-order valence-corrected chi connectivity index (χ1v) is 11.2. The van der Waals surface area contributed by atoms with Crippen molar-refractivity contribution >= 4 is 0 Å². The summed E-state index contributed by atoms with van der Waals surface area (Å²) in [5.41, 5.74) is -5.08. The number of hydrogen-bond acceptors (Lipinski definition) is 2. The summed E-state index contributed by atoms with van der Waals surface area (Å²) < 4.78 is 129. The maximum atomic E-state index is 15.3. The molecule has 0 atom stereocenters. The highest BCUT2D eigenvalue weighted by Gasteiger charge is 2.65. The summed E-state index contributed by atoms with van der Waals surface area (Å²) in [6.07, 6.45) is 2.07. The summed E-state index contributed by atoms with van der Waals surface area (Å²) in [6.45, 7) is 3.98. The minimum absolute atomic E-state index is 0.0463. The molecule has 196 valence electrons. The van der Waals surface area contributed by atoms with Gasteiger partial charge in [0.25, 0.3) is 0 Å². The summed E-state index contributed by atoms with van der Waals surface area (Å²) in [5, 5.41) is 0. The molecule has 0 heterocycles. The van der Waals surface area contributed by atoms with Gasteiger partial charge in [-0.2, -0.15) is 22.0 Å². The van der Waals surface area contributed by atoms with E-state index in [0.29, 0.717) is 6.42 Å². The normalized spacial score (nSPS) is 15.1. The number of fused-ring (bicyclic) bond motifs is 3. The van der Waals surface area contributed by atoms with Crippen LogP contribution in [0.3, 0.4) is 0 Å². The Bertz CT molecular complexity index is 1370. The van der Waals surface area contributed by atoms with Crippen LogP contribution < -0.4 is 9.47 Å². The van der Waals surface area contributed by atoms with Crippen molar-refractivity contribution in [1.29, 1.82) is 0 Å². The van der Waals surface area contributed by atoms with Crippen molar-refractivity contribution in [3.8, 4) is 22.6 Å². The number of hydrogen-bond donors (Lipinski definition) is 0. The van der Waals surface area contributed by atoms with Crippen LogP contribution in [-0.4, -0.2) is 6.61 Å². The summed E-state index contributed by atoms with van der Waals surface area (Å²) in [4.78, 5) is 0. The van der Waals surface area contributed by atoms with Gasteiger partial charge in [-0.05, 0) is 54.7 Å². The highest BCUT2D eigenvalue weighted by Crippen LogP contribution is 2.60. The van der Waals surface area contributed by atoms with E-state index in [4.69, 9.17) is 9.47 Å². The molecule has 0 aliphatic heterocycles. The van der Waals surface area contributed by atoms with Crippen LogP contribution in [0.2, 0.25) is 0 Å². The fraction of sp³-hybridized carbons (Fsp3) is 0.259. The SMILES string of the molecule is C=CCCc1ccc(OCc2ccc3c(c2F)C(F)(F)C(F)(F)c2c-3ccc(OCC)c2F)c(F)c1F. The Morgan fingerprint density at radius 2 is 1.24 bits per heavy atom. The van der Waals surface area contributed by atoms with Gasteiger partial charge >= 0.3 is 11.8 Å². The van der Waals surface area contributed by atoms with Gasteiger partial charge in [-0.3, -0.25) is 0 Å². The molecule has 0 bridgehead atoms. The van der Waals surface area contributed by atoms with Crippen molar-refractivity contribution < 1.29 is 44.6 Å². The molecule has 0 fully saturated rings. The van der Waals surface area contributed by atoms with Crippen LogP contribution in [0.1, 0.15) is 35.6 Å². The van der Waals surface area contributed by atoms with Gasteiger partial charge in [-0.25, -0.2) is 13.2 Å². The Labute approximate surface area is 207 Å². The largest absolute Gasteiger partial charge is 0.491 e. The third-order valence-electron chi connectivity index (χ3n) is 6.07. The molecule has 3 aromatic carbocycles. The van der Waals surface area contributed by atoms with Crippen LogP contribution in [0.15, 0.2) is 49.1 Å². The third kappa shape index (κ3) is 4.22. The molecule has 0 unspecified atom stereocenters. The lowest BCUT2D eigenvalue weighted by molar-refractivity contribution is -0.228. The van der Waals surface area contributed by atoms with E-state index in [2.05, 4.69) is 6.58 Å². The quantitative estimate of drug-likeness (QED) is 0.217. The van der Waals surface area contributed by atoms with E-state index in [-0.39, 0.29) is 18.6 Å².